The molecule has 0 saturated heterocycles. The number of amides is 2. The Kier molecular flexibility index (Phi) is 9.21. The van der Waals surface area contributed by atoms with Crippen molar-refractivity contribution in [2.75, 3.05) is 19.6 Å². The number of carbonyl (C=O) groups is 3. The van der Waals surface area contributed by atoms with Crippen molar-refractivity contribution < 1.29 is 14.4 Å². The number of halogens is 1. The van der Waals surface area contributed by atoms with Gasteiger partial charge in [-0.05, 0) is 50.5 Å². The topological polar surface area (TPSA) is 66.5 Å². The Bertz CT molecular complexity index is 613. The van der Waals surface area contributed by atoms with Gasteiger partial charge in [0.2, 0.25) is 11.8 Å². The fourth-order valence-corrected chi connectivity index (χ4v) is 2.86. The van der Waals surface area contributed by atoms with Gasteiger partial charge >= 0.3 is 0 Å². The Morgan fingerprint density at radius 1 is 1.12 bits per heavy atom. The summed E-state index contributed by atoms with van der Waals surface area (Å²) < 4.78 is 0. The summed E-state index contributed by atoms with van der Waals surface area (Å²) in [5, 5.41) is 3.23. The lowest BCUT2D eigenvalue weighted by molar-refractivity contribution is -0.130. The highest BCUT2D eigenvalue weighted by Gasteiger charge is 2.15. The molecule has 0 radical (unpaired) electrons. The fourth-order valence-electron chi connectivity index (χ4n) is 2.67. The molecule has 1 N–H and O–H groups in total. The smallest absolute Gasteiger partial charge is 0.222 e. The van der Waals surface area contributed by atoms with Crippen molar-refractivity contribution in [3.05, 3.63) is 34.3 Å². The van der Waals surface area contributed by atoms with E-state index in [1.165, 1.54) is 6.92 Å². The third-order valence-corrected chi connectivity index (χ3v) is 4.28. The molecule has 0 aromatic heterocycles. The predicted molar refractivity (Wildman–Crippen MR) is 99.9 cm³/mol. The van der Waals surface area contributed by atoms with Crippen molar-refractivity contribution >= 4 is 29.2 Å². The Morgan fingerprint density at radius 2 is 1.80 bits per heavy atom. The van der Waals surface area contributed by atoms with Crippen molar-refractivity contribution in [3.63, 3.8) is 0 Å². The Hall–Kier alpha value is -1.88. The van der Waals surface area contributed by atoms with E-state index in [1.807, 2.05) is 13.8 Å². The molecule has 0 heterocycles. The summed E-state index contributed by atoms with van der Waals surface area (Å²) in [4.78, 5) is 37.3. The molecule has 1 aromatic rings. The molecule has 0 saturated carbocycles. The van der Waals surface area contributed by atoms with E-state index < -0.39 is 0 Å². The highest BCUT2D eigenvalue weighted by atomic mass is 35.5. The van der Waals surface area contributed by atoms with Gasteiger partial charge in [0, 0.05) is 50.0 Å². The summed E-state index contributed by atoms with van der Waals surface area (Å²) in [5.41, 5.74) is 1.41. The highest BCUT2D eigenvalue weighted by molar-refractivity contribution is 6.30. The summed E-state index contributed by atoms with van der Waals surface area (Å²) in [5.74, 6) is -0.0177. The lowest BCUT2D eigenvalue weighted by atomic mass is 9.97. The van der Waals surface area contributed by atoms with E-state index in [0.717, 1.165) is 5.56 Å². The number of nitrogens with zero attached hydrogens (tertiary/aromatic N) is 1. The van der Waals surface area contributed by atoms with Gasteiger partial charge in [0.05, 0.1) is 0 Å². The van der Waals surface area contributed by atoms with Gasteiger partial charge in [-0.2, -0.15) is 0 Å². The summed E-state index contributed by atoms with van der Waals surface area (Å²) in [6.07, 6.45) is 1.77. The van der Waals surface area contributed by atoms with E-state index in [0.29, 0.717) is 55.9 Å². The lowest BCUT2D eigenvalue weighted by Crippen LogP contribution is -2.30. The van der Waals surface area contributed by atoms with Crippen LogP contribution < -0.4 is 5.32 Å². The van der Waals surface area contributed by atoms with Gasteiger partial charge in [-0.3, -0.25) is 14.4 Å². The molecule has 0 aliphatic carbocycles. The number of hydrogen-bond donors (Lipinski definition) is 1. The molecule has 138 valence electrons. The number of aryl methyl sites for hydroxylation is 1. The van der Waals surface area contributed by atoms with Gasteiger partial charge in [-0.15, -0.1) is 0 Å². The molecule has 2 amide bonds. The molecule has 0 aliphatic rings. The quantitative estimate of drug-likeness (QED) is 0.510. The zero-order chi connectivity index (χ0) is 18.8. The molecular weight excluding hydrogens is 340 g/mol. The zero-order valence-electron chi connectivity index (χ0n) is 15.2. The molecule has 6 heteroatoms. The van der Waals surface area contributed by atoms with Crippen LogP contribution in [-0.2, 0) is 16.0 Å². The summed E-state index contributed by atoms with van der Waals surface area (Å²) >= 11 is 6.06. The highest BCUT2D eigenvalue weighted by Crippen LogP contribution is 2.20. The Balaban J connectivity index is 2.73. The number of Topliss-reactive ketones (excluding diaryl/α,β-unsaturated/α-hetero) is 1. The average Bonchev–Trinajstić information content (AvgIpc) is 2.57. The monoisotopic (exact) mass is 366 g/mol. The van der Waals surface area contributed by atoms with Crippen LogP contribution in [0, 0.1) is 0 Å². The molecule has 1 aromatic carbocycles. The van der Waals surface area contributed by atoms with Gasteiger partial charge in [0.1, 0.15) is 0 Å². The largest absolute Gasteiger partial charge is 0.356 e. The standard InChI is InChI=1S/C19H27ClN2O3/c1-4-22(5-2)19(25)11-8-15-13-16(20)9-10-17(15)18(24)7-6-12-21-14(3)23/h9-10,13H,4-8,11-12H2,1-3H3,(H,21,23). The summed E-state index contributed by atoms with van der Waals surface area (Å²) in [6, 6.07) is 5.18. The molecule has 25 heavy (non-hydrogen) atoms. The van der Waals surface area contributed by atoms with Crippen LogP contribution in [0.15, 0.2) is 18.2 Å². The lowest BCUT2D eigenvalue weighted by Gasteiger charge is -2.19. The second-order valence-electron chi connectivity index (χ2n) is 5.88. The van der Waals surface area contributed by atoms with Crippen molar-refractivity contribution in [2.24, 2.45) is 0 Å². The van der Waals surface area contributed by atoms with E-state index >= 15 is 0 Å². The minimum atomic E-state index is -0.102. The number of hydrogen-bond acceptors (Lipinski definition) is 3. The van der Waals surface area contributed by atoms with E-state index in [9.17, 15) is 14.4 Å². The molecule has 0 fully saturated rings. The van der Waals surface area contributed by atoms with Gasteiger partial charge < -0.3 is 10.2 Å². The minimum Gasteiger partial charge on any atom is -0.356 e. The van der Waals surface area contributed by atoms with Crippen LogP contribution in [0.1, 0.15) is 56.0 Å². The summed E-state index contributed by atoms with van der Waals surface area (Å²) in [6.45, 7) is 7.19. The third kappa shape index (κ3) is 7.26. The number of carbonyl (C=O) groups excluding carboxylic acids is 3. The first kappa shape index (κ1) is 21.2. The molecule has 0 aliphatic heterocycles. The molecule has 1 rings (SSSR count). The first-order valence-electron chi connectivity index (χ1n) is 8.72. The van der Waals surface area contributed by atoms with E-state index in [1.54, 1.807) is 23.1 Å². The van der Waals surface area contributed by atoms with Crippen molar-refractivity contribution in [2.45, 2.75) is 46.5 Å². The van der Waals surface area contributed by atoms with E-state index in [2.05, 4.69) is 5.32 Å². The fraction of sp³-hybridized carbons (Fsp3) is 0.526. The molecule has 5 nitrogen and oxygen atoms in total. The third-order valence-electron chi connectivity index (χ3n) is 4.05. The number of rotatable bonds is 10. The Morgan fingerprint density at radius 3 is 2.40 bits per heavy atom. The number of nitrogens with one attached hydrogen (secondary N) is 1. The van der Waals surface area contributed by atoms with Crippen LogP contribution in [0.5, 0.6) is 0 Å². The predicted octanol–water partition coefficient (Wildman–Crippen LogP) is 3.24. The maximum Gasteiger partial charge on any atom is 0.222 e. The first-order chi connectivity index (χ1) is 11.9. The van der Waals surface area contributed by atoms with Crippen LogP contribution in [0.3, 0.4) is 0 Å². The van der Waals surface area contributed by atoms with Crippen molar-refractivity contribution in [1.82, 2.24) is 10.2 Å². The maximum atomic E-state index is 12.5. The minimum absolute atomic E-state index is 0.00677. The second-order valence-corrected chi connectivity index (χ2v) is 6.31. The van der Waals surface area contributed by atoms with Crippen LogP contribution in [-0.4, -0.2) is 42.1 Å². The van der Waals surface area contributed by atoms with Crippen molar-refractivity contribution in [3.8, 4) is 0 Å². The van der Waals surface area contributed by atoms with Crippen molar-refractivity contribution in [1.29, 1.82) is 0 Å². The maximum absolute atomic E-state index is 12.5. The molecule has 0 atom stereocenters. The van der Waals surface area contributed by atoms with Gasteiger partial charge in [-0.25, -0.2) is 0 Å². The Labute approximate surface area is 154 Å². The van der Waals surface area contributed by atoms with Gasteiger partial charge in [0.15, 0.2) is 5.78 Å². The van der Waals surface area contributed by atoms with Gasteiger partial charge in [0.25, 0.3) is 0 Å². The van der Waals surface area contributed by atoms with Crippen LogP contribution in [0.25, 0.3) is 0 Å². The van der Waals surface area contributed by atoms with Gasteiger partial charge in [-0.1, -0.05) is 11.6 Å². The van der Waals surface area contributed by atoms with E-state index in [4.69, 9.17) is 11.6 Å². The molecule has 0 unspecified atom stereocenters. The van der Waals surface area contributed by atoms with Crippen LogP contribution in [0.4, 0.5) is 0 Å². The number of ketones is 1. The number of benzene rings is 1. The first-order valence-corrected chi connectivity index (χ1v) is 9.10. The molecule has 0 bridgehead atoms. The summed E-state index contributed by atoms with van der Waals surface area (Å²) in [7, 11) is 0. The second kappa shape index (κ2) is 10.9. The molecule has 0 spiro atoms. The van der Waals surface area contributed by atoms with Crippen LogP contribution in [0.2, 0.25) is 5.02 Å². The van der Waals surface area contributed by atoms with Crippen LogP contribution >= 0.6 is 11.6 Å². The van der Waals surface area contributed by atoms with E-state index in [-0.39, 0.29) is 17.6 Å². The molecular formula is C19H27ClN2O3. The zero-order valence-corrected chi connectivity index (χ0v) is 16.0. The average molecular weight is 367 g/mol. The normalized spacial score (nSPS) is 10.4. The SMILES string of the molecule is CCN(CC)C(=O)CCc1cc(Cl)ccc1C(=O)CCCNC(C)=O.